The van der Waals surface area contributed by atoms with E-state index in [9.17, 15) is 18.0 Å². The number of para-hydroxylation sites is 1. The summed E-state index contributed by atoms with van der Waals surface area (Å²) in [6, 6.07) is 10.5. The first-order valence-corrected chi connectivity index (χ1v) is 11.1. The molecule has 0 bridgehead atoms. The van der Waals surface area contributed by atoms with E-state index >= 15 is 0 Å². The van der Waals surface area contributed by atoms with E-state index < -0.39 is 9.84 Å². The van der Waals surface area contributed by atoms with Crippen molar-refractivity contribution in [1.82, 2.24) is 14.8 Å². The minimum atomic E-state index is -3.50. The fourth-order valence-electron chi connectivity index (χ4n) is 3.50. The van der Waals surface area contributed by atoms with Gasteiger partial charge in [-0.05, 0) is 23.8 Å². The smallest absolute Gasteiger partial charge is 0.289 e. The maximum atomic E-state index is 12.7. The van der Waals surface area contributed by atoms with Crippen molar-refractivity contribution in [1.29, 1.82) is 0 Å². The maximum Gasteiger partial charge on any atom is 0.289 e. The Balaban J connectivity index is 1.37. The van der Waals surface area contributed by atoms with Gasteiger partial charge >= 0.3 is 0 Å². The average molecular weight is 415 g/mol. The van der Waals surface area contributed by atoms with Gasteiger partial charge in [0.05, 0.1) is 6.42 Å². The van der Waals surface area contributed by atoms with E-state index in [4.69, 9.17) is 4.42 Å². The molecule has 1 aliphatic rings. The molecule has 0 aliphatic carbocycles. The molecule has 0 unspecified atom stereocenters. The number of aromatic amines is 1. The molecule has 1 N–H and O–H groups in total. The molecular formula is C20H21N3O5S. The van der Waals surface area contributed by atoms with Crippen LogP contribution in [-0.4, -0.2) is 67.5 Å². The van der Waals surface area contributed by atoms with Crippen molar-refractivity contribution in [3.05, 3.63) is 53.9 Å². The second-order valence-electron chi connectivity index (χ2n) is 7.10. The molecule has 29 heavy (non-hydrogen) atoms. The maximum absolute atomic E-state index is 12.7. The van der Waals surface area contributed by atoms with Crippen LogP contribution in [0.1, 0.15) is 16.1 Å². The highest BCUT2D eigenvalue weighted by Gasteiger charge is 2.27. The van der Waals surface area contributed by atoms with Crippen LogP contribution in [0, 0.1) is 0 Å². The van der Waals surface area contributed by atoms with Gasteiger partial charge in [0.2, 0.25) is 20.8 Å². The summed E-state index contributed by atoms with van der Waals surface area (Å²) in [6.45, 7) is 1.58. The number of rotatable bonds is 4. The second kappa shape index (κ2) is 7.40. The number of nitrogens with zero attached hydrogens (tertiary/aromatic N) is 2. The number of piperazine rings is 1. The lowest BCUT2D eigenvalue weighted by Gasteiger charge is -2.34. The van der Waals surface area contributed by atoms with Gasteiger partial charge in [0, 0.05) is 49.5 Å². The van der Waals surface area contributed by atoms with E-state index in [1.54, 1.807) is 9.80 Å². The van der Waals surface area contributed by atoms with E-state index in [-0.39, 0.29) is 22.7 Å². The summed E-state index contributed by atoms with van der Waals surface area (Å²) >= 11 is 0. The highest BCUT2D eigenvalue weighted by atomic mass is 32.2. The Hall–Kier alpha value is -3.07. The van der Waals surface area contributed by atoms with Gasteiger partial charge in [0.25, 0.3) is 5.91 Å². The number of hydrogen-bond donors (Lipinski definition) is 1. The molecule has 3 aromatic rings. The third kappa shape index (κ3) is 3.91. The fraction of sp³-hybridized carbons (Fsp3) is 0.300. The van der Waals surface area contributed by atoms with Crippen molar-refractivity contribution in [3.63, 3.8) is 0 Å². The number of sulfone groups is 1. The first-order chi connectivity index (χ1) is 13.8. The van der Waals surface area contributed by atoms with Crippen LogP contribution in [0.15, 0.2) is 52.1 Å². The van der Waals surface area contributed by atoms with E-state index in [2.05, 4.69) is 4.98 Å². The third-order valence-corrected chi connectivity index (χ3v) is 6.04. The van der Waals surface area contributed by atoms with Crippen molar-refractivity contribution >= 4 is 32.6 Å². The third-order valence-electron chi connectivity index (χ3n) is 5.09. The van der Waals surface area contributed by atoms with Crippen LogP contribution in [0.25, 0.3) is 10.9 Å². The van der Waals surface area contributed by atoms with Crippen LogP contribution in [-0.2, 0) is 21.1 Å². The molecule has 1 aromatic carbocycles. The zero-order chi connectivity index (χ0) is 20.6. The van der Waals surface area contributed by atoms with Gasteiger partial charge in [0.1, 0.15) is 0 Å². The molecule has 0 spiro atoms. The zero-order valence-corrected chi connectivity index (χ0v) is 16.7. The second-order valence-corrected chi connectivity index (χ2v) is 9.05. The Morgan fingerprint density at radius 3 is 2.41 bits per heavy atom. The minimum absolute atomic E-state index is 0.0102. The lowest BCUT2D eigenvalue weighted by atomic mass is 10.1. The van der Waals surface area contributed by atoms with Crippen LogP contribution >= 0.6 is 0 Å². The molecule has 3 heterocycles. The topological polar surface area (TPSA) is 104 Å². The first kappa shape index (κ1) is 19.3. The monoisotopic (exact) mass is 415 g/mol. The molecule has 2 amide bonds. The van der Waals surface area contributed by atoms with Gasteiger partial charge in [-0.2, -0.15) is 0 Å². The molecule has 1 aliphatic heterocycles. The highest BCUT2D eigenvalue weighted by Crippen LogP contribution is 2.20. The van der Waals surface area contributed by atoms with Crippen LogP contribution in [0.5, 0.6) is 0 Å². The number of hydrogen-bond acceptors (Lipinski definition) is 5. The Labute approximate surface area is 168 Å². The molecule has 1 saturated heterocycles. The van der Waals surface area contributed by atoms with Gasteiger partial charge in [-0.3, -0.25) is 9.59 Å². The predicted molar refractivity (Wildman–Crippen MR) is 106 cm³/mol. The lowest BCUT2D eigenvalue weighted by Crippen LogP contribution is -2.50. The molecule has 8 nitrogen and oxygen atoms in total. The Kier molecular flexibility index (Phi) is 4.91. The summed E-state index contributed by atoms with van der Waals surface area (Å²) in [5, 5.41) is 0.808. The van der Waals surface area contributed by atoms with Crippen molar-refractivity contribution in [3.8, 4) is 0 Å². The molecule has 0 atom stereocenters. The number of nitrogens with one attached hydrogen (secondary N) is 1. The summed E-state index contributed by atoms with van der Waals surface area (Å²) < 4.78 is 28.2. The number of amides is 2. The summed E-state index contributed by atoms with van der Waals surface area (Å²) in [5.41, 5.74) is 1.95. The quantitative estimate of drug-likeness (QED) is 0.698. The van der Waals surface area contributed by atoms with Gasteiger partial charge in [-0.15, -0.1) is 0 Å². The fourth-order valence-corrected chi connectivity index (χ4v) is 4.06. The Bertz CT molecular complexity index is 1170. The van der Waals surface area contributed by atoms with E-state index in [0.29, 0.717) is 32.6 Å². The van der Waals surface area contributed by atoms with Crippen LogP contribution in [0.2, 0.25) is 0 Å². The molecule has 4 rings (SSSR count). The number of fused-ring (bicyclic) bond motifs is 1. The molecule has 2 aromatic heterocycles. The number of carbonyl (C=O) groups excluding carboxylic acids is 2. The summed E-state index contributed by atoms with van der Waals surface area (Å²) in [7, 11) is -3.50. The van der Waals surface area contributed by atoms with E-state index in [0.717, 1.165) is 22.7 Å². The summed E-state index contributed by atoms with van der Waals surface area (Å²) in [5.74, 6) is -0.369. The molecule has 152 valence electrons. The van der Waals surface area contributed by atoms with Gasteiger partial charge in [-0.1, -0.05) is 18.2 Å². The molecule has 9 heteroatoms. The Morgan fingerprint density at radius 2 is 1.72 bits per heavy atom. The van der Waals surface area contributed by atoms with Crippen molar-refractivity contribution in [2.45, 2.75) is 11.5 Å². The Morgan fingerprint density at radius 1 is 1.03 bits per heavy atom. The van der Waals surface area contributed by atoms with Gasteiger partial charge < -0.3 is 19.2 Å². The SMILES string of the molecule is CS(=O)(=O)c1ccc(C(=O)N2CCN(C(=O)Cc3c[nH]c4ccccc34)CC2)o1. The first-order valence-electron chi connectivity index (χ1n) is 9.25. The summed E-state index contributed by atoms with van der Waals surface area (Å²) in [6.07, 6.45) is 3.19. The molecule has 0 radical (unpaired) electrons. The highest BCUT2D eigenvalue weighted by molar-refractivity contribution is 7.90. The standard InChI is InChI=1S/C20H21N3O5S/c1-29(26,27)19-7-6-17(28-19)20(25)23-10-8-22(9-11-23)18(24)12-14-13-21-16-5-3-2-4-15(14)16/h2-7,13,21H,8-12H2,1H3. The number of H-pyrrole nitrogens is 1. The van der Waals surface area contributed by atoms with Crippen LogP contribution in [0.4, 0.5) is 0 Å². The number of benzene rings is 1. The number of aromatic nitrogens is 1. The van der Waals surface area contributed by atoms with Crippen molar-refractivity contribution in [2.24, 2.45) is 0 Å². The van der Waals surface area contributed by atoms with E-state index in [1.165, 1.54) is 12.1 Å². The minimum Gasteiger partial charge on any atom is -0.440 e. The van der Waals surface area contributed by atoms with Crippen LogP contribution < -0.4 is 0 Å². The van der Waals surface area contributed by atoms with Crippen molar-refractivity contribution < 1.29 is 22.4 Å². The largest absolute Gasteiger partial charge is 0.440 e. The van der Waals surface area contributed by atoms with Crippen LogP contribution in [0.3, 0.4) is 0 Å². The molecule has 1 fully saturated rings. The number of carbonyl (C=O) groups is 2. The van der Waals surface area contributed by atoms with Gasteiger partial charge in [0.15, 0.2) is 5.76 Å². The lowest BCUT2D eigenvalue weighted by molar-refractivity contribution is -0.131. The average Bonchev–Trinajstić information content (AvgIpc) is 3.35. The normalized spacial score (nSPS) is 15.1. The van der Waals surface area contributed by atoms with Gasteiger partial charge in [-0.25, -0.2) is 8.42 Å². The van der Waals surface area contributed by atoms with E-state index in [1.807, 2.05) is 30.5 Å². The number of furan rings is 1. The molecular weight excluding hydrogens is 394 g/mol. The van der Waals surface area contributed by atoms with Crippen molar-refractivity contribution in [2.75, 3.05) is 32.4 Å². The molecule has 0 saturated carbocycles. The zero-order valence-electron chi connectivity index (χ0n) is 15.9. The summed E-state index contributed by atoms with van der Waals surface area (Å²) in [4.78, 5) is 31.7. The predicted octanol–water partition coefficient (Wildman–Crippen LogP) is 1.69.